The molecule has 96 valence electrons. The van der Waals surface area contributed by atoms with E-state index in [1.165, 1.54) is 0 Å². The average Bonchev–Trinajstić information content (AvgIpc) is 2.38. The van der Waals surface area contributed by atoms with Crippen LogP contribution < -0.4 is 5.73 Å². The number of hydrogen-bond donors (Lipinski definition) is 2. The first kappa shape index (κ1) is 13.5. The second-order valence-electron chi connectivity index (χ2n) is 4.80. The summed E-state index contributed by atoms with van der Waals surface area (Å²) in [5.74, 6) is 0.211. The lowest BCUT2D eigenvalue weighted by Gasteiger charge is -2.23. The Labute approximate surface area is 115 Å². The van der Waals surface area contributed by atoms with E-state index >= 15 is 0 Å². The molecule has 2 atom stereocenters. The minimum absolute atomic E-state index is 0.211. The van der Waals surface area contributed by atoms with Gasteiger partial charge in [0, 0.05) is 27.7 Å². The molecule has 18 heavy (non-hydrogen) atoms. The molecule has 4 heteroatoms. The molecule has 2 unspecified atom stereocenters. The number of nitrogens with zero attached hydrogens (tertiary/aromatic N) is 1. The van der Waals surface area contributed by atoms with Crippen LogP contribution in [-0.2, 0) is 0 Å². The van der Waals surface area contributed by atoms with Gasteiger partial charge in [-0.3, -0.25) is 4.98 Å². The van der Waals surface area contributed by atoms with Crippen molar-refractivity contribution in [3.8, 4) is 0 Å². The summed E-state index contributed by atoms with van der Waals surface area (Å²) in [7, 11) is 0. The third-order valence-electron chi connectivity index (χ3n) is 3.20. The monoisotopic (exact) mass is 308 g/mol. The Morgan fingerprint density at radius 1 is 1.28 bits per heavy atom. The molecular weight excluding hydrogens is 292 g/mol. The van der Waals surface area contributed by atoms with Gasteiger partial charge in [0.2, 0.25) is 0 Å². The van der Waals surface area contributed by atoms with E-state index in [0.29, 0.717) is 0 Å². The fourth-order valence-corrected chi connectivity index (χ4v) is 2.42. The lowest BCUT2D eigenvalue weighted by Crippen LogP contribution is -2.33. The lowest BCUT2D eigenvalue weighted by atomic mass is 9.93. The molecule has 1 aromatic carbocycles. The number of rotatable bonds is 3. The van der Waals surface area contributed by atoms with Crippen LogP contribution in [-0.4, -0.2) is 16.1 Å². The van der Waals surface area contributed by atoms with E-state index < -0.39 is 6.10 Å². The van der Waals surface area contributed by atoms with Crippen molar-refractivity contribution in [1.82, 2.24) is 4.98 Å². The summed E-state index contributed by atoms with van der Waals surface area (Å²) in [4.78, 5) is 4.36. The zero-order valence-corrected chi connectivity index (χ0v) is 12.1. The van der Waals surface area contributed by atoms with Crippen molar-refractivity contribution in [2.24, 2.45) is 11.7 Å². The summed E-state index contributed by atoms with van der Waals surface area (Å²) in [5.41, 5.74) is 7.62. The van der Waals surface area contributed by atoms with E-state index in [4.69, 9.17) is 5.73 Å². The minimum atomic E-state index is -0.699. The van der Waals surface area contributed by atoms with Crippen LogP contribution in [0.2, 0.25) is 0 Å². The molecule has 0 aliphatic rings. The second-order valence-corrected chi connectivity index (χ2v) is 5.66. The maximum Gasteiger partial charge on any atom is 0.0964 e. The number of nitrogens with two attached hydrogens (primary N) is 1. The molecule has 1 heterocycles. The van der Waals surface area contributed by atoms with E-state index in [1.54, 1.807) is 6.20 Å². The molecule has 0 fully saturated rings. The summed E-state index contributed by atoms with van der Waals surface area (Å²) < 4.78 is 0.972. The molecule has 0 radical (unpaired) electrons. The number of fused-ring (bicyclic) bond motifs is 1. The van der Waals surface area contributed by atoms with Gasteiger partial charge in [-0.25, -0.2) is 0 Å². The van der Waals surface area contributed by atoms with Crippen molar-refractivity contribution in [3.05, 3.63) is 40.5 Å². The van der Waals surface area contributed by atoms with Crippen LogP contribution in [0.5, 0.6) is 0 Å². The Hall–Kier alpha value is -0.970. The first-order valence-corrected chi connectivity index (χ1v) is 6.78. The van der Waals surface area contributed by atoms with Crippen molar-refractivity contribution in [2.75, 3.05) is 0 Å². The molecule has 2 aromatic rings. The SMILES string of the molecule is CC(C)C(N)C(O)c1ccc(Br)c2cccnc12. The normalized spacial score (nSPS) is 15.0. The standard InChI is InChI=1S/C14H17BrN2O/c1-8(2)12(16)14(18)10-5-6-11(15)9-4-3-7-17-13(9)10/h3-8,12,14,18H,16H2,1-2H3. The number of aromatic nitrogens is 1. The van der Waals surface area contributed by atoms with Crippen molar-refractivity contribution < 1.29 is 5.11 Å². The van der Waals surface area contributed by atoms with Crippen molar-refractivity contribution in [2.45, 2.75) is 26.0 Å². The molecule has 1 aromatic heterocycles. The van der Waals surface area contributed by atoms with Gasteiger partial charge in [-0.05, 0) is 18.1 Å². The number of halogens is 1. The van der Waals surface area contributed by atoms with E-state index in [2.05, 4.69) is 20.9 Å². The van der Waals surface area contributed by atoms with Crippen molar-refractivity contribution in [1.29, 1.82) is 0 Å². The van der Waals surface area contributed by atoms with Gasteiger partial charge in [0.15, 0.2) is 0 Å². The van der Waals surface area contributed by atoms with Crippen LogP contribution in [0.4, 0.5) is 0 Å². The highest BCUT2D eigenvalue weighted by Gasteiger charge is 2.22. The Kier molecular flexibility index (Phi) is 4.00. The van der Waals surface area contributed by atoms with Crippen LogP contribution in [0, 0.1) is 5.92 Å². The van der Waals surface area contributed by atoms with E-state index in [0.717, 1.165) is 20.9 Å². The van der Waals surface area contributed by atoms with Gasteiger partial charge in [-0.1, -0.05) is 41.9 Å². The number of hydrogen-bond acceptors (Lipinski definition) is 3. The Morgan fingerprint density at radius 3 is 2.67 bits per heavy atom. The van der Waals surface area contributed by atoms with Gasteiger partial charge in [0.05, 0.1) is 11.6 Å². The van der Waals surface area contributed by atoms with Crippen molar-refractivity contribution >= 4 is 26.8 Å². The quantitative estimate of drug-likeness (QED) is 0.916. The third kappa shape index (κ3) is 2.41. The highest BCUT2D eigenvalue weighted by molar-refractivity contribution is 9.10. The van der Waals surface area contributed by atoms with Crippen LogP contribution in [0.15, 0.2) is 34.9 Å². The molecule has 0 saturated heterocycles. The second kappa shape index (κ2) is 5.34. The zero-order chi connectivity index (χ0) is 13.3. The van der Waals surface area contributed by atoms with Crippen molar-refractivity contribution in [3.63, 3.8) is 0 Å². The van der Waals surface area contributed by atoms with E-state index in [9.17, 15) is 5.11 Å². The molecule has 3 N–H and O–H groups in total. The third-order valence-corrected chi connectivity index (χ3v) is 3.89. The topological polar surface area (TPSA) is 59.1 Å². The number of pyridine rings is 1. The predicted molar refractivity (Wildman–Crippen MR) is 77.2 cm³/mol. The van der Waals surface area contributed by atoms with Crippen LogP contribution in [0.1, 0.15) is 25.5 Å². The molecule has 0 spiro atoms. The highest BCUT2D eigenvalue weighted by atomic mass is 79.9. The Bertz CT molecular complexity index is 556. The van der Waals surface area contributed by atoms with Gasteiger partial charge < -0.3 is 10.8 Å². The molecule has 0 aliphatic carbocycles. The molecule has 0 amide bonds. The summed E-state index contributed by atoms with van der Waals surface area (Å²) >= 11 is 3.49. The maximum absolute atomic E-state index is 10.4. The molecule has 0 bridgehead atoms. The maximum atomic E-state index is 10.4. The predicted octanol–water partition coefficient (Wildman–Crippen LogP) is 3.01. The first-order chi connectivity index (χ1) is 8.52. The molecule has 3 nitrogen and oxygen atoms in total. The summed E-state index contributed by atoms with van der Waals surface area (Å²) in [6, 6.07) is 7.37. The van der Waals surface area contributed by atoms with Gasteiger partial charge >= 0.3 is 0 Å². The fourth-order valence-electron chi connectivity index (χ4n) is 1.97. The van der Waals surface area contributed by atoms with Gasteiger partial charge in [0.1, 0.15) is 0 Å². The largest absolute Gasteiger partial charge is 0.387 e. The number of aliphatic hydroxyl groups excluding tert-OH is 1. The lowest BCUT2D eigenvalue weighted by molar-refractivity contribution is 0.127. The molecule has 0 aliphatic heterocycles. The van der Waals surface area contributed by atoms with Crippen LogP contribution >= 0.6 is 15.9 Å². The number of benzene rings is 1. The number of aliphatic hydroxyl groups is 1. The molecular formula is C14H17BrN2O. The average molecular weight is 309 g/mol. The Morgan fingerprint density at radius 2 is 2.00 bits per heavy atom. The summed E-state index contributed by atoms with van der Waals surface area (Å²) in [6.45, 7) is 4.00. The first-order valence-electron chi connectivity index (χ1n) is 5.99. The van der Waals surface area contributed by atoms with E-state index in [1.807, 2.05) is 38.1 Å². The molecule has 2 rings (SSSR count). The summed E-state index contributed by atoms with van der Waals surface area (Å²) in [6.07, 6.45) is 1.03. The van der Waals surface area contributed by atoms with Crippen LogP contribution in [0.25, 0.3) is 10.9 Å². The fraction of sp³-hybridized carbons (Fsp3) is 0.357. The Balaban J connectivity index is 2.55. The molecule has 0 saturated carbocycles. The smallest absolute Gasteiger partial charge is 0.0964 e. The van der Waals surface area contributed by atoms with Crippen LogP contribution in [0.3, 0.4) is 0 Å². The van der Waals surface area contributed by atoms with E-state index in [-0.39, 0.29) is 12.0 Å². The zero-order valence-electron chi connectivity index (χ0n) is 10.5. The van der Waals surface area contributed by atoms with Gasteiger partial charge in [0.25, 0.3) is 0 Å². The summed E-state index contributed by atoms with van der Waals surface area (Å²) in [5, 5.41) is 11.4. The highest BCUT2D eigenvalue weighted by Crippen LogP contribution is 2.30. The van der Waals surface area contributed by atoms with Gasteiger partial charge in [-0.2, -0.15) is 0 Å². The van der Waals surface area contributed by atoms with Gasteiger partial charge in [-0.15, -0.1) is 0 Å². The minimum Gasteiger partial charge on any atom is -0.387 e.